The molecule has 0 unspecified atom stereocenters. The summed E-state index contributed by atoms with van der Waals surface area (Å²) in [6.07, 6.45) is 5.17. The van der Waals surface area contributed by atoms with Gasteiger partial charge >= 0.3 is 0 Å². The summed E-state index contributed by atoms with van der Waals surface area (Å²) in [7, 11) is 0. The van der Waals surface area contributed by atoms with Crippen molar-refractivity contribution in [3.8, 4) is 11.1 Å². The van der Waals surface area contributed by atoms with Crippen molar-refractivity contribution in [2.75, 3.05) is 0 Å². The molecule has 4 rings (SSSR count). The highest BCUT2D eigenvalue weighted by molar-refractivity contribution is 6.34. The van der Waals surface area contributed by atoms with E-state index in [9.17, 15) is 9.59 Å². The maximum absolute atomic E-state index is 13.0. The van der Waals surface area contributed by atoms with Gasteiger partial charge in [0.1, 0.15) is 0 Å². The molecule has 28 heavy (non-hydrogen) atoms. The van der Waals surface area contributed by atoms with E-state index >= 15 is 0 Å². The van der Waals surface area contributed by atoms with Crippen molar-refractivity contribution >= 4 is 17.5 Å². The Kier molecular flexibility index (Phi) is 5.04. The Morgan fingerprint density at radius 2 is 2.07 bits per heavy atom. The summed E-state index contributed by atoms with van der Waals surface area (Å²) < 4.78 is 0. The lowest BCUT2D eigenvalue weighted by molar-refractivity contribution is 0.0915. The normalized spacial score (nSPS) is 24.4. The zero-order valence-corrected chi connectivity index (χ0v) is 17.3. The first-order chi connectivity index (χ1) is 13.3. The highest BCUT2D eigenvalue weighted by Gasteiger charge is 2.42. The number of fused-ring (bicyclic) bond motifs is 2. The number of aromatic amines is 1. The molecule has 0 radical (unpaired) electrons. The minimum Gasteiger partial charge on any atom is -0.349 e. The Balaban J connectivity index is 1.60. The van der Waals surface area contributed by atoms with Gasteiger partial charge in [0, 0.05) is 17.2 Å². The fourth-order valence-electron chi connectivity index (χ4n) is 5.24. The molecule has 2 saturated carbocycles. The van der Waals surface area contributed by atoms with Crippen LogP contribution in [0.5, 0.6) is 0 Å². The van der Waals surface area contributed by atoms with Crippen LogP contribution in [-0.2, 0) is 0 Å². The molecular weight excluding hydrogens is 374 g/mol. The van der Waals surface area contributed by atoms with Gasteiger partial charge in [-0.25, -0.2) is 5.10 Å². The molecular formula is C22H26ClN3O2. The molecule has 0 aliphatic heterocycles. The minimum atomic E-state index is -0.230. The number of aryl methyl sites for hydroxylation is 1. The van der Waals surface area contributed by atoms with Crippen molar-refractivity contribution in [2.24, 2.45) is 17.8 Å². The number of rotatable bonds is 4. The number of H-pyrrole nitrogens is 1. The zero-order chi connectivity index (χ0) is 20.0. The quantitative estimate of drug-likeness (QED) is 0.806. The number of hydrogen-bond donors (Lipinski definition) is 2. The summed E-state index contributed by atoms with van der Waals surface area (Å²) in [5.74, 6) is 1.99. The number of carbonyl (C=O) groups is 1. The first kappa shape index (κ1) is 19.2. The van der Waals surface area contributed by atoms with E-state index < -0.39 is 0 Å². The topological polar surface area (TPSA) is 74.8 Å². The third kappa shape index (κ3) is 3.37. The lowest BCUT2D eigenvalue weighted by atomic mass is 9.84. The number of halogens is 1. The molecule has 5 nitrogen and oxygen atoms in total. The summed E-state index contributed by atoms with van der Waals surface area (Å²) >= 11 is 6.35. The molecule has 1 heterocycles. The van der Waals surface area contributed by atoms with Crippen LogP contribution in [0.2, 0.25) is 5.02 Å². The van der Waals surface area contributed by atoms with Crippen molar-refractivity contribution < 1.29 is 4.79 Å². The summed E-state index contributed by atoms with van der Waals surface area (Å²) in [6.45, 7) is 5.70. The molecule has 1 aromatic heterocycles. The first-order valence-corrected chi connectivity index (χ1v) is 10.4. The van der Waals surface area contributed by atoms with E-state index in [2.05, 4.69) is 22.4 Å². The molecule has 1 amide bonds. The van der Waals surface area contributed by atoms with E-state index in [4.69, 9.17) is 11.6 Å². The Morgan fingerprint density at radius 3 is 2.75 bits per heavy atom. The number of nitrogens with zero attached hydrogens (tertiary/aromatic N) is 1. The summed E-state index contributed by atoms with van der Waals surface area (Å²) in [5.41, 5.74) is 3.02. The highest BCUT2D eigenvalue weighted by atomic mass is 35.5. The lowest BCUT2D eigenvalue weighted by Crippen LogP contribution is -2.40. The van der Waals surface area contributed by atoms with Gasteiger partial charge in [0.2, 0.25) is 0 Å². The number of nitrogens with one attached hydrogen (secondary N) is 2. The van der Waals surface area contributed by atoms with Crippen molar-refractivity contribution in [1.29, 1.82) is 0 Å². The molecule has 0 saturated heterocycles. The van der Waals surface area contributed by atoms with Gasteiger partial charge in [-0.1, -0.05) is 24.1 Å². The molecule has 148 valence electrons. The van der Waals surface area contributed by atoms with Crippen LogP contribution in [0.15, 0.2) is 23.0 Å². The largest absolute Gasteiger partial charge is 0.349 e. The van der Waals surface area contributed by atoms with Gasteiger partial charge in [0.25, 0.3) is 11.5 Å². The average Bonchev–Trinajstić information content (AvgIpc) is 3.29. The molecule has 2 aliphatic rings. The lowest BCUT2D eigenvalue weighted by Gasteiger charge is -2.28. The van der Waals surface area contributed by atoms with Crippen LogP contribution in [0.4, 0.5) is 0 Å². The van der Waals surface area contributed by atoms with Crippen LogP contribution in [0.1, 0.15) is 54.2 Å². The van der Waals surface area contributed by atoms with Gasteiger partial charge in [-0.05, 0) is 75.5 Å². The fourth-order valence-corrected chi connectivity index (χ4v) is 5.44. The van der Waals surface area contributed by atoms with Crippen molar-refractivity contribution in [1.82, 2.24) is 15.5 Å². The number of amides is 1. The zero-order valence-electron chi connectivity index (χ0n) is 16.5. The first-order valence-electron chi connectivity index (χ1n) is 10.0. The summed E-state index contributed by atoms with van der Waals surface area (Å²) in [4.78, 5) is 25.0. The van der Waals surface area contributed by atoms with Crippen LogP contribution in [0.25, 0.3) is 11.1 Å². The van der Waals surface area contributed by atoms with Crippen LogP contribution < -0.4 is 10.9 Å². The standard InChI is InChI=1S/C22H26ClN3O2/c1-11-20(13(3)25-26-21(11)27)16-6-7-19(23)18(10-16)22(28)24-12(2)17-9-14-4-5-15(17)8-14/h6-7,10,12,14-15,17H,4-5,8-9H2,1-3H3,(H,24,28)(H,26,27)/t12-,14+,15+,17-/m1/s1. The number of benzene rings is 1. The molecule has 2 aromatic rings. The monoisotopic (exact) mass is 399 g/mol. The second-order valence-electron chi connectivity index (χ2n) is 8.43. The van der Waals surface area contributed by atoms with E-state index in [1.807, 2.05) is 13.0 Å². The third-order valence-electron chi connectivity index (χ3n) is 6.70. The van der Waals surface area contributed by atoms with Gasteiger partial charge in [-0.2, -0.15) is 5.10 Å². The van der Waals surface area contributed by atoms with Crippen LogP contribution in [-0.4, -0.2) is 22.1 Å². The van der Waals surface area contributed by atoms with Gasteiger partial charge in [0.05, 0.1) is 16.3 Å². The summed E-state index contributed by atoms with van der Waals surface area (Å²) in [6, 6.07) is 5.44. The van der Waals surface area contributed by atoms with Gasteiger partial charge in [-0.15, -0.1) is 0 Å². The molecule has 2 fully saturated rings. The minimum absolute atomic E-state index is 0.132. The SMILES string of the molecule is Cc1n[nH]c(=O)c(C)c1-c1ccc(Cl)c(C(=O)N[C@H](C)[C@H]2C[C@H]3CC[C@H]2C3)c1. The van der Waals surface area contributed by atoms with Gasteiger partial charge in [-0.3, -0.25) is 9.59 Å². The predicted octanol–water partition coefficient (Wildman–Crippen LogP) is 4.26. The Hall–Kier alpha value is -2.14. The maximum Gasteiger partial charge on any atom is 0.267 e. The molecule has 4 atom stereocenters. The van der Waals surface area contributed by atoms with Crippen LogP contribution in [0, 0.1) is 31.6 Å². The van der Waals surface area contributed by atoms with E-state index in [1.165, 1.54) is 25.7 Å². The molecule has 2 bridgehead atoms. The molecule has 2 aliphatic carbocycles. The molecule has 2 N–H and O–H groups in total. The van der Waals surface area contributed by atoms with E-state index in [0.29, 0.717) is 27.8 Å². The van der Waals surface area contributed by atoms with Crippen molar-refractivity contribution in [3.63, 3.8) is 0 Å². The smallest absolute Gasteiger partial charge is 0.267 e. The number of aromatic nitrogens is 2. The molecule has 0 spiro atoms. The van der Waals surface area contributed by atoms with Crippen LogP contribution >= 0.6 is 11.6 Å². The van der Waals surface area contributed by atoms with E-state index in [1.54, 1.807) is 19.1 Å². The Morgan fingerprint density at radius 1 is 1.29 bits per heavy atom. The number of carbonyl (C=O) groups excluding carboxylic acids is 1. The van der Waals surface area contributed by atoms with Crippen molar-refractivity contribution in [3.05, 3.63) is 50.4 Å². The summed E-state index contributed by atoms with van der Waals surface area (Å²) in [5, 5.41) is 10.1. The van der Waals surface area contributed by atoms with Crippen molar-refractivity contribution in [2.45, 2.75) is 52.5 Å². The Bertz CT molecular complexity index is 984. The second kappa shape index (κ2) is 7.36. The highest BCUT2D eigenvalue weighted by Crippen LogP contribution is 2.49. The predicted molar refractivity (Wildman–Crippen MR) is 111 cm³/mol. The second-order valence-corrected chi connectivity index (χ2v) is 8.84. The van der Waals surface area contributed by atoms with E-state index in [0.717, 1.165) is 23.0 Å². The third-order valence-corrected chi connectivity index (χ3v) is 7.03. The number of hydrogen-bond acceptors (Lipinski definition) is 3. The Labute approximate surface area is 169 Å². The molecule has 6 heteroatoms. The van der Waals surface area contributed by atoms with Crippen LogP contribution in [0.3, 0.4) is 0 Å². The maximum atomic E-state index is 13.0. The van der Waals surface area contributed by atoms with Gasteiger partial charge < -0.3 is 5.32 Å². The molecule has 1 aromatic carbocycles. The van der Waals surface area contributed by atoms with Gasteiger partial charge in [0.15, 0.2) is 0 Å². The fraction of sp³-hybridized carbons (Fsp3) is 0.500. The average molecular weight is 400 g/mol. The van der Waals surface area contributed by atoms with E-state index in [-0.39, 0.29) is 17.5 Å².